The van der Waals surface area contributed by atoms with Crippen molar-refractivity contribution < 1.29 is 28.2 Å². The molecule has 2 amide bonds. The predicted octanol–water partition coefficient (Wildman–Crippen LogP) is -1.45. The van der Waals surface area contributed by atoms with Gasteiger partial charge >= 0.3 is 12.0 Å². The number of aliphatic hydroxyl groups is 1. The molecule has 0 aliphatic carbocycles. The van der Waals surface area contributed by atoms with Gasteiger partial charge in [0.25, 0.3) is 0 Å². The van der Waals surface area contributed by atoms with Gasteiger partial charge in [0.2, 0.25) is 0 Å². The van der Waals surface area contributed by atoms with Crippen LogP contribution >= 0.6 is 0 Å². The highest BCUT2D eigenvalue weighted by Gasteiger charge is 2.20. The summed E-state index contributed by atoms with van der Waals surface area (Å²) in [6.45, 7) is 1.11. The van der Waals surface area contributed by atoms with E-state index < -0.39 is 33.9 Å². The minimum absolute atomic E-state index is 0.122. The van der Waals surface area contributed by atoms with Crippen molar-refractivity contribution in [3.8, 4) is 0 Å². The van der Waals surface area contributed by atoms with Gasteiger partial charge in [-0.15, -0.1) is 0 Å². The number of urea groups is 1. The van der Waals surface area contributed by atoms with Crippen LogP contribution in [0.25, 0.3) is 0 Å². The molecule has 4 N–H and O–H groups in total. The highest BCUT2D eigenvalue weighted by Crippen LogP contribution is 1.93. The predicted molar refractivity (Wildman–Crippen MR) is 64.0 cm³/mol. The Balaban J connectivity index is 4.28. The van der Waals surface area contributed by atoms with E-state index in [0.29, 0.717) is 0 Å². The minimum Gasteiger partial charge on any atom is -0.480 e. The van der Waals surface area contributed by atoms with Crippen LogP contribution < -0.4 is 10.6 Å². The second kappa shape index (κ2) is 7.17. The molecule has 0 aliphatic heterocycles. The van der Waals surface area contributed by atoms with Crippen LogP contribution in [0.1, 0.15) is 13.3 Å². The minimum atomic E-state index is -3.22. The summed E-state index contributed by atoms with van der Waals surface area (Å²) in [6, 6.07) is -2.63. The van der Waals surface area contributed by atoms with Gasteiger partial charge in [-0.25, -0.2) is 18.0 Å². The third kappa shape index (κ3) is 7.85. The van der Waals surface area contributed by atoms with Gasteiger partial charge in [0.1, 0.15) is 15.9 Å². The van der Waals surface area contributed by atoms with Crippen LogP contribution in [-0.2, 0) is 14.6 Å². The molecule has 0 saturated carbocycles. The molecule has 9 heteroatoms. The van der Waals surface area contributed by atoms with Gasteiger partial charge in [-0.05, 0) is 6.92 Å². The number of amides is 2. The van der Waals surface area contributed by atoms with Gasteiger partial charge in [0.15, 0.2) is 0 Å². The Morgan fingerprint density at radius 2 is 1.83 bits per heavy atom. The van der Waals surface area contributed by atoms with E-state index in [0.717, 1.165) is 6.26 Å². The van der Waals surface area contributed by atoms with Crippen LogP contribution in [0, 0.1) is 0 Å². The van der Waals surface area contributed by atoms with E-state index in [9.17, 15) is 18.0 Å². The average molecular weight is 282 g/mol. The number of carbonyl (C=O) groups is 2. The lowest BCUT2D eigenvalue weighted by atomic mass is 10.2. The molecule has 0 bridgehead atoms. The Labute approximate surface area is 105 Å². The second-order valence-corrected chi connectivity index (χ2v) is 6.20. The van der Waals surface area contributed by atoms with Gasteiger partial charge in [-0.2, -0.15) is 0 Å². The quantitative estimate of drug-likeness (QED) is 0.452. The lowest BCUT2D eigenvalue weighted by Gasteiger charge is -2.17. The molecule has 2 atom stereocenters. The maximum absolute atomic E-state index is 11.4. The molecule has 0 heterocycles. The van der Waals surface area contributed by atoms with E-state index in [2.05, 4.69) is 10.6 Å². The number of aliphatic hydroxyl groups excluding tert-OH is 1. The molecule has 8 nitrogen and oxygen atoms in total. The highest BCUT2D eigenvalue weighted by atomic mass is 32.2. The molecule has 0 aromatic rings. The molecular weight excluding hydrogens is 264 g/mol. The summed E-state index contributed by atoms with van der Waals surface area (Å²) in [4.78, 5) is 22.1. The Kier molecular flexibility index (Phi) is 6.63. The number of hydrogen-bond donors (Lipinski definition) is 4. The van der Waals surface area contributed by atoms with Crippen LogP contribution in [0.3, 0.4) is 0 Å². The maximum atomic E-state index is 11.4. The van der Waals surface area contributed by atoms with Crippen LogP contribution in [0.15, 0.2) is 0 Å². The van der Waals surface area contributed by atoms with Gasteiger partial charge in [0.05, 0.1) is 5.75 Å². The van der Waals surface area contributed by atoms with E-state index in [-0.39, 0.29) is 18.8 Å². The Bertz CT molecular complexity index is 394. The second-order valence-electron chi connectivity index (χ2n) is 4.01. The summed E-state index contributed by atoms with van der Waals surface area (Å²) in [5.74, 6) is -1.51. The fourth-order valence-electron chi connectivity index (χ4n) is 1.31. The van der Waals surface area contributed by atoms with Crippen LogP contribution in [0.5, 0.6) is 0 Å². The summed E-state index contributed by atoms with van der Waals surface area (Å²) in [7, 11) is -3.22. The monoisotopic (exact) mass is 282 g/mol. The third-order valence-electron chi connectivity index (χ3n) is 1.95. The number of hydrogen-bond acceptors (Lipinski definition) is 5. The Hall–Kier alpha value is -1.35. The zero-order chi connectivity index (χ0) is 14.3. The van der Waals surface area contributed by atoms with Crippen molar-refractivity contribution >= 4 is 21.8 Å². The van der Waals surface area contributed by atoms with Crippen molar-refractivity contribution in [3.05, 3.63) is 0 Å². The number of carboxylic acids is 1. The maximum Gasteiger partial charge on any atom is 0.326 e. The Morgan fingerprint density at radius 3 is 2.22 bits per heavy atom. The first-order chi connectivity index (χ1) is 8.15. The molecule has 1 unspecified atom stereocenters. The summed E-state index contributed by atoms with van der Waals surface area (Å²) < 4.78 is 21.9. The molecule has 0 radical (unpaired) electrons. The van der Waals surface area contributed by atoms with E-state index >= 15 is 0 Å². The first kappa shape index (κ1) is 16.6. The molecule has 0 aromatic heterocycles. The van der Waals surface area contributed by atoms with Crippen molar-refractivity contribution in [1.82, 2.24) is 10.6 Å². The van der Waals surface area contributed by atoms with E-state index in [1.807, 2.05) is 0 Å². The van der Waals surface area contributed by atoms with E-state index in [4.69, 9.17) is 10.2 Å². The first-order valence-corrected chi connectivity index (χ1v) is 7.30. The molecule has 0 spiro atoms. The molecule has 0 aromatic carbocycles. The zero-order valence-electron chi connectivity index (χ0n) is 10.2. The van der Waals surface area contributed by atoms with Gasteiger partial charge in [0, 0.05) is 25.3 Å². The summed E-state index contributed by atoms with van der Waals surface area (Å²) >= 11 is 0. The number of carboxylic acid groups (broad SMARTS) is 1. The SMILES string of the molecule is CC(CS(C)(=O)=O)NC(=O)N[C@@H](CCO)C(=O)O. The fourth-order valence-corrected chi connectivity index (χ4v) is 2.30. The van der Waals surface area contributed by atoms with Crippen molar-refractivity contribution in [3.63, 3.8) is 0 Å². The standard InChI is InChI=1S/C9H18N2O6S/c1-6(5-18(2,16)17)10-9(15)11-7(3-4-12)8(13)14/h6-7,12H,3-5H2,1-2H3,(H,13,14)(H2,10,11,15)/t6?,7-/m0/s1. The van der Waals surface area contributed by atoms with Gasteiger partial charge < -0.3 is 20.8 Å². The van der Waals surface area contributed by atoms with Crippen molar-refractivity contribution in [1.29, 1.82) is 0 Å². The number of aliphatic carboxylic acids is 1. The van der Waals surface area contributed by atoms with E-state index in [1.165, 1.54) is 6.92 Å². The van der Waals surface area contributed by atoms with Gasteiger partial charge in [-0.3, -0.25) is 0 Å². The molecule has 0 rings (SSSR count). The largest absolute Gasteiger partial charge is 0.480 e. The molecule has 18 heavy (non-hydrogen) atoms. The summed E-state index contributed by atoms with van der Waals surface area (Å²) in [6.07, 6.45) is 0.915. The number of carbonyl (C=O) groups excluding carboxylic acids is 1. The van der Waals surface area contributed by atoms with Crippen molar-refractivity contribution in [2.24, 2.45) is 0 Å². The van der Waals surface area contributed by atoms with Crippen LogP contribution in [-0.4, -0.2) is 61.3 Å². The van der Waals surface area contributed by atoms with Crippen LogP contribution in [0.2, 0.25) is 0 Å². The average Bonchev–Trinajstić information content (AvgIpc) is 2.13. The zero-order valence-corrected chi connectivity index (χ0v) is 11.0. The normalized spacial score (nSPS) is 14.6. The lowest BCUT2D eigenvalue weighted by molar-refractivity contribution is -0.139. The van der Waals surface area contributed by atoms with Gasteiger partial charge in [-0.1, -0.05) is 0 Å². The van der Waals surface area contributed by atoms with Crippen molar-refractivity contribution in [2.45, 2.75) is 25.4 Å². The smallest absolute Gasteiger partial charge is 0.326 e. The number of sulfone groups is 1. The van der Waals surface area contributed by atoms with Crippen molar-refractivity contribution in [2.75, 3.05) is 18.6 Å². The summed E-state index contributed by atoms with van der Waals surface area (Å²) in [5.41, 5.74) is 0. The topological polar surface area (TPSA) is 133 Å². The molecule has 0 fully saturated rings. The van der Waals surface area contributed by atoms with Crippen LogP contribution in [0.4, 0.5) is 4.79 Å². The highest BCUT2D eigenvalue weighted by molar-refractivity contribution is 7.90. The number of rotatable bonds is 7. The fraction of sp³-hybridized carbons (Fsp3) is 0.778. The molecule has 0 saturated heterocycles. The molecule has 0 aliphatic rings. The number of nitrogens with one attached hydrogen (secondary N) is 2. The first-order valence-electron chi connectivity index (χ1n) is 5.24. The van der Waals surface area contributed by atoms with E-state index in [1.54, 1.807) is 0 Å². The molecular formula is C9H18N2O6S. The third-order valence-corrected chi connectivity index (χ3v) is 3.06. The summed E-state index contributed by atoms with van der Waals surface area (Å²) in [5, 5.41) is 21.8. The lowest BCUT2D eigenvalue weighted by Crippen LogP contribution is -2.49. The Morgan fingerprint density at radius 1 is 1.28 bits per heavy atom. The molecule has 106 valence electrons.